The number of fused-ring (bicyclic) bond motifs is 1. The number of rotatable bonds is 6. The zero-order chi connectivity index (χ0) is 20.9. The lowest BCUT2D eigenvalue weighted by atomic mass is 10.2. The molecule has 1 amide bonds. The maximum atomic E-state index is 13.1. The third kappa shape index (κ3) is 4.37. The van der Waals surface area contributed by atoms with Gasteiger partial charge in [0.05, 0.1) is 16.8 Å². The minimum absolute atomic E-state index is 0.0993. The summed E-state index contributed by atoms with van der Waals surface area (Å²) in [4.78, 5) is 34.2. The Kier molecular flexibility index (Phi) is 6.11. The summed E-state index contributed by atoms with van der Waals surface area (Å²) in [6.45, 7) is 0.331. The molecule has 4 aromatic rings. The van der Waals surface area contributed by atoms with E-state index in [1.54, 1.807) is 24.4 Å². The molecule has 0 aliphatic carbocycles. The number of aromatic nitrogens is 3. The van der Waals surface area contributed by atoms with E-state index in [1.807, 2.05) is 48.5 Å². The van der Waals surface area contributed by atoms with Crippen molar-refractivity contribution in [2.75, 3.05) is 5.75 Å². The lowest BCUT2D eigenvalue weighted by Gasteiger charge is -2.13. The van der Waals surface area contributed by atoms with Gasteiger partial charge in [0.2, 0.25) is 5.91 Å². The van der Waals surface area contributed by atoms with Crippen LogP contribution in [0.3, 0.4) is 0 Å². The van der Waals surface area contributed by atoms with Crippen LogP contribution >= 0.6 is 23.4 Å². The summed E-state index contributed by atoms with van der Waals surface area (Å²) in [7, 11) is 0. The van der Waals surface area contributed by atoms with Crippen molar-refractivity contribution in [2.24, 2.45) is 0 Å². The summed E-state index contributed by atoms with van der Waals surface area (Å²) >= 11 is 7.32. The largest absolute Gasteiger partial charge is 0.351 e. The molecule has 0 bridgehead atoms. The third-order valence-electron chi connectivity index (χ3n) is 4.39. The minimum Gasteiger partial charge on any atom is -0.351 e. The molecule has 0 fully saturated rings. The van der Waals surface area contributed by atoms with E-state index in [0.717, 1.165) is 5.56 Å². The Bertz CT molecular complexity index is 1260. The Balaban J connectivity index is 1.58. The molecule has 150 valence electrons. The van der Waals surface area contributed by atoms with Gasteiger partial charge in [0, 0.05) is 17.8 Å². The number of pyridine rings is 1. The van der Waals surface area contributed by atoms with Gasteiger partial charge in [-0.1, -0.05) is 59.8 Å². The molecule has 4 rings (SSSR count). The van der Waals surface area contributed by atoms with Crippen molar-refractivity contribution in [1.82, 2.24) is 19.9 Å². The molecule has 1 N–H and O–H groups in total. The number of halogens is 1. The summed E-state index contributed by atoms with van der Waals surface area (Å²) < 4.78 is 1.51. The van der Waals surface area contributed by atoms with Crippen LogP contribution in [0.25, 0.3) is 16.7 Å². The minimum atomic E-state index is -0.224. The quantitative estimate of drug-likeness (QED) is 0.367. The van der Waals surface area contributed by atoms with Crippen molar-refractivity contribution in [1.29, 1.82) is 0 Å². The second kappa shape index (κ2) is 9.11. The molecular weight excluding hydrogens is 420 g/mol. The number of carbonyl (C=O) groups is 1. The number of amides is 1. The number of hydrogen-bond acceptors (Lipinski definition) is 5. The van der Waals surface area contributed by atoms with Crippen LogP contribution < -0.4 is 10.9 Å². The highest BCUT2D eigenvalue weighted by Crippen LogP contribution is 2.20. The normalized spacial score (nSPS) is 10.8. The first-order chi connectivity index (χ1) is 14.6. The van der Waals surface area contributed by atoms with Gasteiger partial charge in [0.15, 0.2) is 10.8 Å². The van der Waals surface area contributed by atoms with Gasteiger partial charge in [-0.3, -0.25) is 14.2 Å². The molecule has 2 aromatic carbocycles. The summed E-state index contributed by atoms with van der Waals surface area (Å²) in [6, 6.07) is 20.0. The molecule has 2 heterocycles. The molecular formula is C22H17ClN4O2S. The van der Waals surface area contributed by atoms with Gasteiger partial charge in [0.25, 0.3) is 5.56 Å². The van der Waals surface area contributed by atoms with Gasteiger partial charge in [-0.25, -0.2) is 9.97 Å². The Morgan fingerprint density at radius 3 is 2.60 bits per heavy atom. The summed E-state index contributed by atoms with van der Waals surface area (Å²) in [5.41, 5.74) is 1.65. The molecule has 0 saturated heterocycles. The van der Waals surface area contributed by atoms with Crippen LogP contribution in [0.5, 0.6) is 0 Å². The fourth-order valence-electron chi connectivity index (χ4n) is 2.92. The SMILES string of the molecule is O=C(CSc1nc2ncccc2c(=O)n1-c1ccccc1)NCc1ccccc1Cl. The maximum Gasteiger partial charge on any atom is 0.268 e. The highest BCUT2D eigenvalue weighted by atomic mass is 35.5. The Morgan fingerprint density at radius 2 is 1.80 bits per heavy atom. The van der Waals surface area contributed by atoms with Crippen molar-refractivity contribution < 1.29 is 4.79 Å². The van der Waals surface area contributed by atoms with Crippen LogP contribution in [0.2, 0.25) is 5.02 Å². The number of para-hydroxylation sites is 1. The van der Waals surface area contributed by atoms with Gasteiger partial charge in [-0.05, 0) is 35.9 Å². The van der Waals surface area contributed by atoms with E-state index in [1.165, 1.54) is 16.3 Å². The molecule has 0 saturated carbocycles. The van der Waals surface area contributed by atoms with Crippen LogP contribution in [0, 0.1) is 0 Å². The average molecular weight is 437 g/mol. The van der Waals surface area contributed by atoms with Crippen LogP contribution in [0.15, 0.2) is 82.9 Å². The smallest absolute Gasteiger partial charge is 0.268 e. The summed E-state index contributed by atoms with van der Waals surface area (Å²) in [6.07, 6.45) is 1.59. The van der Waals surface area contributed by atoms with Crippen molar-refractivity contribution in [2.45, 2.75) is 11.7 Å². The average Bonchev–Trinajstić information content (AvgIpc) is 2.78. The van der Waals surface area contributed by atoms with Gasteiger partial charge in [-0.15, -0.1) is 0 Å². The molecule has 0 atom stereocenters. The van der Waals surface area contributed by atoms with Gasteiger partial charge < -0.3 is 5.32 Å². The van der Waals surface area contributed by atoms with E-state index in [4.69, 9.17) is 11.6 Å². The monoisotopic (exact) mass is 436 g/mol. The zero-order valence-electron chi connectivity index (χ0n) is 15.8. The molecule has 0 aliphatic heterocycles. The number of benzene rings is 2. The van der Waals surface area contributed by atoms with Crippen LogP contribution in [-0.4, -0.2) is 26.2 Å². The van der Waals surface area contributed by atoms with Crippen molar-refractivity contribution in [3.05, 3.63) is 93.9 Å². The number of thioether (sulfide) groups is 1. The van der Waals surface area contributed by atoms with Crippen LogP contribution in [-0.2, 0) is 11.3 Å². The number of carbonyl (C=O) groups excluding carboxylic acids is 1. The van der Waals surface area contributed by atoms with E-state index in [9.17, 15) is 9.59 Å². The second-order valence-corrected chi connectivity index (χ2v) is 7.75. The van der Waals surface area contributed by atoms with Crippen molar-refractivity contribution >= 4 is 40.3 Å². The van der Waals surface area contributed by atoms with Gasteiger partial charge in [-0.2, -0.15) is 0 Å². The number of nitrogens with zero attached hydrogens (tertiary/aromatic N) is 3. The molecule has 0 spiro atoms. The van der Waals surface area contributed by atoms with E-state index < -0.39 is 0 Å². The fourth-order valence-corrected chi connectivity index (χ4v) is 3.95. The second-order valence-electron chi connectivity index (χ2n) is 6.40. The summed E-state index contributed by atoms with van der Waals surface area (Å²) in [5.74, 6) is -0.0860. The number of nitrogens with one attached hydrogen (secondary N) is 1. The molecule has 2 aromatic heterocycles. The van der Waals surface area contributed by atoms with E-state index in [0.29, 0.717) is 33.4 Å². The molecule has 8 heteroatoms. The van der Waals surface area contributed by atoms with E-state index in [2.05, 4.69) is 15.3 Å². The molecule has 6 nitrogen and oxygen atoms in total. The first-order valence-electron chi connectivity index (χ1n) is 9.19. The maximum absolute atomic E-state index is 13.1. The van der Waals surface area contributed by atoms with Crippen LogP contribution in [0.4, 0.5) is 0 Å². The van der Waals surface area contributed by atoms with E-state index >= 15 is 0 Å². The molecule has 0 radical (unpaired) electrons. The standard InChI is InChI=1S/C22H17ClN4O2S/c23-18-11-5-4-7-15(18)13-25-19(28)14-30-22-26-20-17(10-6-12-24-20)21(29)27(22)16-8-2-1-3-9-16/h1-12H,13-14H2,(H,25,28). The molecule has 0 aliphatic rings. The van der Waals surface area contributed by atoms with Crippen molar-refractivity contribution in [3.8, 4) is 5.69 Å². The predicted octanol–water partition coefficient (Wildman–Crippen LogP) is 3.84. The zero-order valence-corrected chi connectivity index (χ0v) is 17.4. The first kappa shape index (κ1) is 20.1. The Morgan fingerprint density at radius 1 is 1.03 bits per heavy atom. The third-order valence-corrected chi connectivity index (χ3v) is 5.70. The molecule has 0 unspecified atom stereocenters. The van der Waals surface area contributed by atoms with E-state index in [-0.39, 0.29) is 17.2 Å². The fraction of sp³-hybridized carbons (Fsp3) is 0.0909. The van der Waals surface area contributed by atoms with Crippen LogP contribution in [0.1, 0.15) is 5.56 Å². The first-order valence-corrected chi connectivity index (χ1v) is 10.6. The van der Waals surface area contributed by atoms with Gasteiger partial charge >= 0.3 is 0 Å². The van der Waals surface area contributed by atoms with Crippen molar-refractivity contribution in [3.63, 3.8) is 0 Å². The number of hydrogen-bond donors (Lipinski definition) is 1. The Hall–Kier alpha value is -3.16. The summed E-state index contributed by atoms with van der Waals surface area (Å²) in [5, 5.41) is 4.28. The predicted molar refractivity (Wildman–Crippen MR) is 119 cm³/mol. The Labute approximate surface area is 181 Å². The lowest BCUT2D eigenvalue weighted by molar-refractivity contribution is -0.118. The topological polar surface area (TPSA) is 76.9 Å². The molecule has 30 heavy (non-hydrogen) atoms. The highest BCUT2D eigenvalue weighted by molar-refractivity contribution is 7.99. The highest BCUT2D eigenvalue weighted by Gasteiger charge is 2.15. The lowest BCUT2D eigenvalue weighted by Crippen LogP contribution is -2.26. The van der Waals surface area contributed by atoms with Gasteiger partial charge in [0.1, 0.15) is 0 Å².